The molecule has 0 saturated carbocycles. The molecule has 1 fully saturated rings. The van der Waals surface area contributed by atoms with E-state index in [0.717, 1.165) is 28.5 Å². The highest BCUT2D eigenvalue weighted by Gasteiger charge is 2.35. The molecule has 2 amide bonds. The molecule has 3 aromatic rings. The van der Waals surface area contributed by atoms with Gasteiger partial charge in [-0.15, -0.1) is 0 Å². The molecule has 8 heteroatoms. The number of pyridine rings is 1. The van der Waals surface area contributed by atoms with E-state index < -0.39 is 5.92 Å². The molecule has 1 aliphatic rings. The molecule has 154 valence electrons. The Labute approximate surface area is 174 Å². The summed E-state index contributed by atoms with van der Waals surface area (Å²) in [6.07, 6.45) is 1.93. The lowest BCUT2D eigenvalue weighted by Gasteiger charge is -2.17. The fourth-order valence-corrected chi connectivity index (χ4v) is 3.58. The van der Waals surface area contributed by atoms with Crippen LogP contribution in [-0.2, 0) is 23.2 Å². The molecular formula is C22H23N5O3. The minimum atomic E-state index is -0.390. The molecule has 1 aliphatic heterocycles. The average molecular weight is 405 g/mol. The molecule has 1 atom stereocenters. The van der Waals surface area contributed by atoms with Gasteiger partial charge in [0, 0.05) is 31.9 Å². The van der Waals surface area contributed by atoms with Crippen molar-refractivity contribution in [1.82, 2.24) is 20.1 Å². The van der Waals surface area contributed by atoms with Gasteiger partial charge in [-0.1, -0.05) is 6.07 Å². The van der Waals surface area contributed by atoms with E-state index in [1.54, 1.807) is 35.0 Å². The van der Waals surface area contributed by atoms with E-state index in [0.29, 0.717) is 13.1 Å². The summed E-state index contributed by atoms with van der Waals surface area (Å²) in [7, 11) is 3.44. The summed E-state index contributed by atoms with van der Waals surface area (Å²) >= 11 is 0. The van der Waals surface area contributed by atoms with Crippen molar-refractivity contribution in [2.24, 2.45) is 13.0 Å². The second-order valence-corrected chi connectivity index (χ2v) is 7.18. The van der Waals surface area contributed by atoms with Gasteiger partial charge in [-0.3, -0.25) is 19.3 Å². The van der Waals surface area contributed by atoms with Crippen LogP contribution in [0.25, 0.3) is 11.4 Å². The Kier molecular flexibility index (Phi) is 5.47. The van der Waals surface area contributed by atoms with Crippen LogP contribution in [0.1, 0.15) is 12.1 Å². The quantitative estimate of drug-likeness (QED) is 0.679. The fraction of sp³-hybridized carbons (Fsp3) is 0.273. The molecule has 30 heavy (non-hydrogen) atoms. The largest absolute Gasteiger partial charge is 0.497 e. The molecule has 0 spiro atoms. The molecule has 4 rings (SSSR count). The molecule has 8 nitrogen and oxygen atoms in total. The molecule has 0 radical (unpaired) electrons. The Bertz CT molecular complexity index is 1050. The van der Waals surface area contributed by atoms with Crippen molar-refractivity contribution in [3.8, 4) is 17.1 Å². The average Bonchev–Trinajstić information content (AvgIpc) is 3.35. The highest BCUT2D eigenvalue weighted by Crippen LogP contribution is 2.27. The number of carbonyl (C=O) groups is 2. The molecule has 0 aliphatic carbocycles. The molecule has 0 bridgehead atoms. The maximum absolute atomic E-state index is 12.6. The SMILES string of the molecule is COc1ccc(N2CC(C(=O)NCc3cc(-c4ccccn4)n(C)n3)CC2=O)cc1. The zero-order valence-corrected chi connectivity index (χ0v) is 16.9. The van der Waals surface area contributed by atoms with Crippen LogP contribution >= 0.6 is 0 Å². The molecule has 2 aromatic heterocycles. The third kappa shape index (κ3) is 4.03. The van der Waals surface area contributed by atoms with Gasteiger partial charge in [0.15, 0.2) is 0 Å². The van der Waals surface area contributed by atoms with Crippen LogP contribution in [0.3, 0.4) is 0 Å². The minimum absolute atomic E-state index is 0.0596. The van der Waals surface area contributed by atoms with Crippen molar-refractivity contribution in [3.05, 3.63) is 60.4 Å². The van der Waals surface area contributed by atoms with Crippen LogP contribution in [0.4, 0.5) is 5.69 Å². The summed E-state index contributed by atoms with van der Waals surface area (Å²) < 4.78 is 6.90. The summed E-state index contributed by atoms with van der Waals surface area (Å²) in [4.78, 5) is 31.0. The first-order valence-corrected chi connectivity index (χ1v) is 9.71. The molecule has 1 aromatic carbocycles. The van der Waals surface area contributed by atoms with Crippen LogP contribution in [0, 0.1) is 5.92 Å². The fourth-order valence-electron chi connectivity index (χ4n) is 3.58. The van der Waals surface area contributed by atoms with Crippen molar-refractivity contribution >= 4 is 17.5 Å². The lowest BCUT2D eigenvalue weighted by Crippen LogP contribution is -2.32. The first kappa shape index (κ1) is 19.6. The zero-order valence-electron chi connectivity index (χ0n) is 16.9. The predicted molar refractivity (Wildman–Crippen MR) is 112 cm³/mol. The van der Waals surface area contributed by atoms with E-state index in [9.17, 15) is 9.59 Å². The van der Waals surface area contributed by atoms with E-state index in [4.69, 9.17) is 4.74 Å². The number of methoxy groups -OCH3 is 1. The van der Waals surface area contributed by atoms with E-state index >= 15 is 0 Å². The molecular weight excluding hydrogens is 382 g/mol. The topological polar surface area (TPSA) is 89.3 Å². The van der Waals surface area contributed by atoms with Crippen LogP contribution < -0.4 is 15.0 Å². The van der Waals surface area contributed by atoms with Gasteiger partial charge in [0.05, 0.1) is 36.7 Å². The molecule has 1 unspecified atom stereocenters. The van der Waals surface area contributed by atoms with Crippen molar-refractivity contribution in [3.63, 3.8) is 0 Å². The third-order valence-corrected chi connectivity index (χ3v) is 5.18. The lowest BCUT2D eigenvalue weighted by molar-refractivity contribution is -0.126. The summed E-state index contributed by atoms with van der Waals surface area (Å²) in [5.41, 5.74) is 3.20. The number of nitrogens with one attached hydrogen (secondary N) is 1. The van der Waals surface area contributed by atoms with Gasteiger partial charge in [-0.2, -0.15) is 5.10 Å². The van der Waals surface area contributed by atoms with Gasteiger partial charge in [-0.25, -0.2) is 0 Å². The lowest BCUT2D eigenvalue weighted by atomic mass is 10.1. The molecule has 3 heterocycles. The van der Waals surface area contributed by atoms with Crippen LogP contribution in [0.2, 0.25) is 0 Å². The Hall–Kier alpha value is -3.68. The number of carbonyl (C=O) groups excluding carboxylic acids is 2. The Morgan fingerprint density at radius 1 is 1.23 bits per heavy atom. The van der Waals surface area contributed by atoms with Gasteiger partial charge in [0.2, 0.25) is 11.8 Å². The predicted octanol–water partition coefficient (Wildman–Crippen LogP) is 2.16. The van der Waals surface area contributed by atoms with E-state index in [2.05, 4.69) is 15.4 Å². The second-order valence-electron chi connectivity index (χ2n) is 7.18. The molecule has 1 saturated heterocycles. The molecule has 1 N–H and O–H groups in total. The van der Waals surface area contributed by atoms with Gasteiger partial charge < -0.3 is 15.0 Å². The minimum Gasteiger partial charge on any atom is -0.497 e. The van der Waals surface area contributed by atoms with Crippen LogP contribution in [-0.4, -0.2) is 40.2 Å². The number of ether oxygens (including phenoxy) is 1. The standard InChI is InChI=1S/C22H23N5O3/c1-26-20(19-5-3-4-10-23-19)12-16(25-26)13-24-22(29)15-11-21(28)27(14-15)17-6-8-18(30-2)9-7-17/h3-10,12,15H,11,13-14H2,1-2H3,(H,24,29). The first-order chi connectivity index (χ1) is 14.5. The monoisotopic (exact) mass is 405 g/mol. The maximum Gasteiger partial charge on any atom is 0.227 e. The number of benzene rings is 1. The third-order valence-electron chi connectivity index (χ3n) is 5.18. The van der Waals surface area contributed by atoms with Crippen molar-refractivity contribution in [2.45, 2.75) is 13.0 Å². The first-order valence-electron chi connectivity index (χ1n) is 9.71. The number of hydrogen-bond acceptors (Lipinski definition) is 5. The van der Waals surface area contributed by atoms with Gasteiger partial charge >= 0.3 is 0 Å². The van der Waals surface area contributed by atoms with Crippen molar-refractivity contribution in [1.29, 1.82) is 0 Å². The van der Waals surface area contributed by atoms with Gasteiger partial charge in [0.1, 0.15) is 5.75 Å². The summed E-state index contributed by atoms with van der Waals surface area (Å²) in [5, 5.41) is 7.36. The van der Waals surface area contributed by atoms with Gasteiger partial charge in [0.25, 0.3) is 0 Å². The van der Waals surface area contributed by atoms with E-state index in [1.807, 2.05) is 43.4 Å². The van der Waals surface area contributed by atoms with Gasteiger partial charge in [-0.05, 0) is 42.5 Å². The number of nitrogens with zero attached hydrogens (tertiary/aromatic N) is 4. The number of aryl methyl sites for hydroxylation is 1. The number of aromatic nitrogens is 3. The number of rotatable bonds is 6. The summed E-state index contributed by atoms with van der Waals surface area (Å²) in [5.74, 6) is 0.124. The summed E-state index contributed by atoms with van der Waals surface area (Å²) in [6.45, 7) is 0.658. The smallest absolute Gasteiger partial charge is 0.227 e. The second kappa shape index (κ2) is 8.36. The zero-order chi connectivity index (χ0) is 21.1. The van der Waals surface area contributed by atoms with E-state index in [1.165, 1.54) is 0 Å². The Balaban J connectivity index is 1.37. The highest BCUT2D eigenvalue weighted by molar-refractivity contribution is 6.00. The highest BCUT2D eigenvalue weighted by atomic mass is 16.5. The normalized spacial score (nSPS) is 16.0. The number of hydrogen-bond donors (Lipinski definition) is 1. The number of amides is 2. The van der Waals surface area contributed by atoms with Crippen LogP contribution in [0.15, 0.2) is 54.7 Å². The van der Waals surface area contributed by atoms with Crippen molar-refractivity contribution in [2.75, 3.05) is 18.6 Å². The maximum atomic E-state index is 12.6. The summed E-state index contributed by atoms with van der Waals surface area (Å²) in [6, 6.07) is 14.9. The van der Waals surface area contributed by atoms with Crippen molar-refractivity contribution < 1.29 is 14.3 Å². The Morgan fingerprint density at radius 2 is 2.03 bits per heavy atom. The number of anilines is 1. The van der Waals surface area contributed by atoms with E-state index in [-0.39, 0.29) is 18.2 Å². The van der Waals surface area contributed by atoms with Crippen LogP contribution in [0.5, 0.6) is 5.75 Å². The Morgan fingerprint density at radius 3 is 2.73 bits per heavy atom.